The Morgan fingerprint density at radius 1 is 0.444 bits per heavy atom. The molecule has 0 radical (unpaired) electrons. The van der Waals surface area contributed by atoms with E-state index in [0.29, 0.717) is 17.3 Å². The summed E-state index contributed by atoms with van der Waals surface area (Å²) in [6, 6.07) is 50.3. The number of nitrogens with zero attached hydrogens (tertiary/aromatic N) is 5. The summed E-state index contributed by atoms with van der Waals surface area (Å²) in [7, 11) is 0. The molecule has 5 nitrogen and oxygen atoms in total. The van der Waals surface area contributed by atoms with Gasteiger partial charge in [0, 0.05) is 44.6 Å². The van der Waals surface area contributed by atoms with Crippen molar-refractivity contribution in [3.63, 3.8) is 0 Å². The summed E-state index contributed by atoms with van der Waals surface area (Å²) in [5.41, 5.74) is 7.81. The van der Waals surface area contributed by atoms with Gasteiger partial charge in [-0.05, 0) is 41.8 Å². The van der Waals surface area contributed by atoms with Crippen molar-refractivity contribution in [3.05, 3.63) is 152 Å². The Bertz CT molecular complexity index is 2500. The van der Waals surface area contributed by atoms with Gasteiger partial charge >= 0.3 is 0 Å². The normalized spacial score (nSPS) is 11.6. The van der Waals surface area contributed by atoms with Crippen LogP contribution in [0.25, 0.3) is 83.3 Å². The van der Waals surface area contributed by atoms with Crippen LogP contribution in [-0.2, 0) is 0 Å². The van der Waals surface area contributed by atoms with Gasteiger partial charge in [-0.2, -0.15) is 0 Å². The monoisotopic (exact) mass is 575 g/mol. The van der Waals surface area contributed by atoms with E-state index in [0.717, 1.165) is 55.2 Å². The third kappa shape index (κ3) is 4.17. The zero-order valence-electron chi connectivity index (χ0n) is 24.2. The van der Waals surface area contributed by atoms with E-state index in [4.69, 9.17) is 19.9 Å². The second kappa shape index (κ2) is 10.2. The lowest BCUT2D eigenvalue weighted by molar-refractivity contribution is 1.12. The van der Waals surface area contributed by atoms with Crippen molar-refractivity contribution >= 4 is 43.5 Å². The molecule has 0 spiro atoms. The minimum absolute atomic E-state index is 0.569. The maximum atomic E-state index is 5.12. The lowest BCUT2D eigenvalue weighted by Gasteiger charge is -2.12. The summed E-state index contributed by atoms with van der Waals surface area (Å²) in [6.45, 7) is 0. The molecule has 6 aromatic carbocycles. The highest BCUT2D eigenvalue weighted by molar-refractivity contribution is 6.10. The third-order valence-electron chi connectivity index (χ3n) is 8.47. The van der Waals surface area contributed by atoms with Crippen LogP contribution in [0.2, 0.25) is 0 Å². The summed E-state index contributed by atoms with van der Waals surface area (Å²) in [5.74, 6) is 1.19. The summed E-state index contributed by atoms with van der Waals surface area (Å²) in [4.78, 5) is 20.0. The van der Waals surface area contributed by atoms with Crippen molar-refractivity contribution in [2.45, 2.75) is 0 Å². The van der Waals surface area contributed by atoms with Crippen molar-refractivity contribution in [2.24, 2.45) is 0 Å². The molecule has 0 amide bonds. The predicted octanol–water partition coefficient (Wildman–Crippen LogP) is 9.67. The summed E-state index contributed by atoms with van der Waals surface area (Å²) in [6.07, 6.45) is 1.80. The van der Waals surface area contributed by atoms with E-state index in [9.17, 15) is 0 Å². The van der Waals surface area contributed by atoms with Gasteiger partial charge in [-0.25, -0.2) is 19.9 Å². The SMILES string of the molecule is c1ccc(-c2nc(-c3ccnc(-c4cccc(-n5c6ccccc6c6ccccc65)c4)n3)nc3c2ccc2ccccc23)cc1. The van der Waals surface area contributed by atoms with Gasteiger partial charge in [0.1, 0.15) is 5.69 Å². The molecule has 3 aromatic heterocycles. The first-order valence-electron chi connectivity index (χ1n) is 15.0. The van der Waals surface area contributed by atoms with E-state index in [1.807, 2.05) is 24.3 Å². The molecule has 0 N–H and O–H groups in total. The molecule has 0 saturated carbocycles. The van der Waals surface area contributed by atoms with Gasteiger partial charge in [0.25, 0.3) is 0 Å². The van der Waals surface area contributed by atoms with Crippen LogP contribution < -0.4 is 0 Å². The molecule has 0 unspecified atom stereocenters. The van der Waals surface area contributed by atoms with Crippen molar-refractivity contribution in [1.82, 2.24) is 24.5 Å². The average Bonchev–Trinajstić information content (AvgIpc) is 3.46. The molecule has 5 heteroatoms. The molecular formula is C40H25N5. The number of para-hydroxylation sites is 2. The van der Waals surface area contributed by atoms with Gasteiger partial charge in [0.2, 0.25) is 0 Å². The molecule has 0 aliphatic carbocycles. The van der Waals surface area contributed by atoms with Crippen molar-refractivity contribution < 1.29 is 0 Å². The predicted molar refractivity (Wildman–Crippen MR) is 183 cm³/mol. The zero-order chi connectivity index (χ0) is 29.7. The molecule has 9 rings (SSSR count). The Kier molecular flexibility index (Phi) is 5.74. The van der Waals surface area contributed by atoms with Crippen LogP contribution in [0.1, 0.15) is 0 Å². The third-order valence-corrected chi connectivity index (χ3v) is 8.47. The zero-order valence-corrected chi connectivity index (χ0v) is 24.2. The molecule has 45 heavy (non-hydrogen) atoms. The van der Waals surface area contributed by atoms with Crippen LogP contribution in [-0.4, -0.2) is 24.5 Å². The van der Waals surface area contributed by atoms with Crippen LogP contribution >= 0.6 is 0 Å². The average molecular weight is 576 g/mol. The minimum atomic E-state index is 0.569. The molecule has 0 aliphatic rings. The van der Waals surface area contributed by atoms with E-state index in [-0.39, 0.29) is 0 Å². The molecule has 3 heterocycles. The van der Waals surface area contributed by atoms with E-state index in [1.54, 1.807) is 6.20 Å². The highest BCUT2D eigenvalue weighted by Gasteiger charge is 2.16. The van der Waals surface area contributed by atoms with Crippen LogP contribution in [0.5, 0.6) is 0 Å². The number of fused-ring (bicyclic) bond motifs is 6. The number of aromatic nitrogens is 5. The fourth-order valence-electron chi connectivity index (χ4n) is 6.40. The van der Waals surface area contributed by atoms with Crippen molar-refractivity contribution in [3.8, 4) is 39.9 Å². The molecular weight excluding hydrogens is 550 g/mol. The Morgan fingerprint density at radius 3 is 1.93 bits per heavy atom. The van der Waals surface area contributed by atoms with Crippen LogP contribution in [0.15, 0.2) is 152 Å². The van der Waals surface area contributed by atoms with Crippen molar-refractivity contribution in [1.29, 1.82) is 0 Å². The Labute approximate surface area is 259 Å². The van der Waals surface area contributed by atoms with Crippen LogP contribution in [0, 0.1) is 0 Å². The second-order valence-corrected chi connectivity index (χ2v) is 11.1. The molecule has 0 saturated heterocycles. The van der Waals surface area contributed by atoms with Gasteiger partial charge in [-0.1, -0.05) is 109 Å². The fourth-order valence-corrected chi connectivity index (χ4v) is 6.40. The van der Waals surface area contributed by atoms with Gasteiger partial charge in [-0.3, -0.25) is 0 Å². The molecule has 0 bridgehead atoms. The van der Waals surface area contributed by atoms with E-state index < -0.39 is 0 Å². The van der Waals surface area contributed by atoms with E-state index in [2.05, 4.69) is 126 Å². The molecule has 0 atom stereocenters. The van der Waals surface area contributed by atoms with Crippen LogP contribution in [0.4, 0.5) is 0 Å². The highest BCUT2D eigenvalue weighted by Crippen LogP contribution is 2.35. The smallest absolute Gasteiger partial charge is 0.179 e. The topological polar surface area (TPSA) is 56.5 Å². The Hall–Kier alpha value is -6.20. The number of benzene rings is 6. The van der Waals surface area contributed by atoms with Gasteiger partial charge in [0.15, 0.2) is 11.6 Å². The quantitative estimate of drug-likeness (QED) is 0.196. The Morgan fingerprint density at radius 2 is 1.13 bits per heavy atom. The van der Waals surface area contributed by atoms with Gasteiger partial charge < -0.3 is 4.57 Å². The van der Waals surface area contributed by atoms with E-state index >= 15 is 0 Å². The Balaban J connectivity index is 1.21. The molecule has 210 valence electrons. The summed E-state index contributed by atoms with van der Waals surface area (Å²) < 4.78 is 2.31. The largest absolute Gasteiger partial charge is 0.309 e. The highest BCUT2D eigenvalue weighted by atomic mass is 15.0. The molecule has 9 aromatic rings. The van der Waals surface area contributed by atoms with Gasteiger partial charge in [0.05, 0.1) is 22.2 Å². The maximum Gasteiger partial charge on any atom is 0.179 e. The fraction of sp³-hybridized carbons (Fsp3) is 0. The van der Waals surface area contributed by atoms with Crippen LogP contribution in [0.3, 0.4) is 0 Å². The van der Waals surface area contributed by atoms with Gasteiger partial charge in [-0.15, -0.1) is 0 Å². The number of hydrogen-bond acceptors (Lipinski definition) is 4. The minimum Gasteiger partial charge on any atom is -0.309 e. The summed E-state index contributed by atoms with van der Waals surface area (Å²) >= 11 is 0. The summed E-state index contributed by atoms with van der Waals surface area (Å²) in [5, 5.41) is 5.69. The second-order valence-electron chi connectivity index (χ2n) is 11.1. The lowest BCUT2D eigenvalue weighted by atomic mass is 10.0. The first-order valence-corrected chi connectivity index (χ1v) is 15.0. The first kappa shape index (κ1) is 25.3. The van der Waals surface area contributed by atoms with E-state index in [1.165, 1.54) is 10.8 Å². The maximum absolute atomic E-state index is 5.12. The number of hydrogen-bond donors (Lipinski definition) is 0. The molecule has 0 fully saturated rings. The first-order chi connectivity index (χ1) is 22.3. The number of rotatable bonds is 4. The molecule has 0 aliphatic heterocycles. The lowest BCUT2D eigenvalue weighted by Crippen LogP contribution is -2.00. The van der Waals surface area contributed by atoms with Crippen molar-refractivity contribution in [2.75, 3.05) is 0 Å². The standard InChI is InChI=1S/C40H25N5/c1-2-12-27(13-3-1)37-33-22-21-26-11-4-5-16-30(26)38(33)44-40(43-37)34-23-24-41-39(42-34)28-14-10-15-29(25-28)45-35-19-8-6-17-31(35)32-18-7-9-20-36(32)45/h1-25H.